The number of carbonyl (C=O) groups excluding carboxylic acids is 1. The van der Waals surface area contributed by atoms with Crippen molar-refractivity contribution >= 4 is 27.5 Å². The maximum atomic E-state index is 12.9. The molecular weight excluding hydrogens is 424 g/mol. The van der Waals surface area contributed by atoms with E-state index in [1.807, 2.05) is 30.1 Å². The van der Waals surface area contributed by atoms with Crippen LogP contribution < -0.4 is 5.32 Å². The van der Waals surface area contributed by atoms with Crippen molar-refractivity contribution in [1.29, 1.82) is 0 Å². The summed E-state index contributed by atoms with van der Waals surface area (Å²) in [6.45, 7) is 3.31. The minimum Gasteiger partial charge on any atom is -0.362 e. The van der Waals surface area contributed by atoms with E-state index in [1.165, 1.54) is 17.7 Å². The highest BCUT2D eigenvalue weighted by molar-refractivity contribution is 7.90. The molecule has 2 aliphatic heterocycles. The first-order valence-electron chi connectivity index (χ1n) is 11.1. The maximum Gasteiger partial charge on any atom is 0.284 e. The molecular formula is C24H30N4O3S. The zero-order valence-electron chi connectivity index (χ0n) is 18.4. The largest absolute Gasteiger partial charge is 0.362 e. The zero-order chi connectivity index (χ0) is 22.6. The topological polar surface area (TPSA) is 82.1 Å². The second-order valence-electron chi connectivity index (χ2n) is 8.58. The number of anilines is 1. The Kier molecular flexibility index (Phi) is 6.91. The first kappa shape index (κ1) is 22.5. The molecule has 0 bridgehead atoms. The van der Waals surface area contributed by atoms with Gasteiger partial charge in [0, 0.05) is 38.8 Å². The monoisotopic (exact) mass is 454 g/mol. The fourth-order valence-corrected chi connectivity index (χ4v) is 5.47. The van der Waals surface area contributed by atoms with Crippen LogP contribution in [0, 0.1) is 5.92 Å². The van der Waals surface area contributed by atoms with Gasteiger partial charge in [-0.05, 0) is 49.6 Å². The van der Waals surface area contributed by atoms with Crippen LogP contribution in [0.25, 0.3) is 0 Å². The number of benzene rings is 2. The molecule has 0 aliphatic carbocycles. The molecule has 1 amide bonds. The molecule has 2 heterocycles. The third kappa shape index (κ3) is 5.55. The molecule has 4 rings (SSSR count). The molecule has 8 heteroatoms. The van der Waals surface area contributed by atoms with E-state index >= 15 is 0 Å². The Morgan fingerprint density at radius 3 is 2.66 bits per heavy atom. The molecule has 32 heavy (non-hydrogen) atoms. The predicted molar refractivity (Wildman–Crippen MR) is 126 cm³/mol. The molecule has 1 unspecified atom stereocenters. The second kappa shape index (κ2) is 9.83. The zero-order valence-corrected chi connectivity index (χ0v) is 19.2. The molecule has 2 fully saturated rings. The normalized spacial score (nSPS) is 21.1. The van der Waals surface area contributed by atoms with Gasteiger partial charge in [-0.2, -0.15) is 8.42 Å². The lowest BCUT2D eigenvalue weighted by molar-refractivity contribution is -0.121. The fraction of sp³-hybridized carbons (Fsp3) is 0.417. The molecule has 1 N–H and O–H groups in total. The summed E-state index contributed by atoms with van der Waals surface area (Å²) in [6, 6.07) is 16.6. The second-order valence-corrected chi connectivity index (χ2v) is 10.2. The van der Waals surface area contributed by atoms with Gasteiger partial charge in [0.25, 0.3) is 10.0 Å². The van der Waals surface area contributed by atoms with E-state index in [0.29, 0.717) is 24.5 Å². The Morgan fingerprint density at radius 1 is 1.09 bits per heavy atom. The van der Waals surface area contributed by atoms with Gasteiger partial charge in [-0.1, -0.05) is 36.4 Å². The maximum absolute atomic E-state index is 12.9. The van der Waals surface area contributed by atoms with Crippen molar-refractivity contribution in [2.45, 2.75) is 37.1 Å². The van der Waals surface area contributed by atoms with Crippen LogP contribution in [0.5, 0.6) is 0 Å². The van der Waals surface area contributed by atoms with Crippen molar-refractivity contribution in [3.05, 3.63) is 60.2 Å². The summed E-state index contributed by atoms with van der Waals surface area (Å²) >= 11 is 0. The number of sulfonamides is 1. The van der Waals surface area contributed by atoms with Gasteiger partial charge in [0.05, 0.1) is 10.8 Å². The summed E-state index contributed by atoms with van der Waals surface area (Å²) in [6.07, 6.45) is 3.36. The van der Waals surface area contributed by atoms with Gasteiger partial charge in [0.2, 0.25) is 5.91 Å². The highest BCUT2D eigenvalue weighted by Crippen LogP contribution is 2.23. The summed E-state index contributed by atoms with van der Waals surface area (Å²) in [4.78, 5) is 17.2. The van der Waals surface area contributed by atoms with E-state index < -0.39 is 10.0 Å². The molecule has 7 nitrogen and oxygen atoms in total. The first-order valence-corrected chi connectivity index (χ1v) is 12.6. The van der Waals surface area contributed by atoms with Crippen LogP contribution in [0.1, 0.15) is 31.2 Å². The van der Waals surface area contributed by atoms with Crippen molar-refractivity contribution in [2.75, 3.05) is 32.0 Å². The Bertz CT molecular complexity index is 1090. The van der Waals surface area contributed by atoms with Gasteiger partial charge in [-0.25, -0.2) is 0 Å². The Morgan fingerprint density at radius 2 is 1.91 bits per heavy atom. The van der Waals surface area contributed by atoms with E-state index in [2.05, 4.69) is 26.7 Å². The average Bonchev–Trinajstić information content (AvgIpc) is 3.18. The number of piperidine rings is 1. The number of hydrogen-bond donors (Lipinski definition) is 1. The SMILES string of the molecule is CN1CCC/C1=N/S(=O)(=O)c1cccc(NC(=O)C2CCCN(Cc3ccccc3)C2)c1. The highest BCUT2D eigenvalue weighted by Gasteiger charge is 2.26. The lowest BCUT2D eigenvalue weighted by Crippen LogP contribution is -2.40. The molecule has 0 spiro atoms. The number of amidine groups is 1. The molecule has 0 radical (unpaired) electrons. The smallest absolute Gasteiger partial charge is 0.284 e. The van der Waals surface area contributed by atoms with Crippen LogP contribution in [0.15, 0.2) is 63.9 Å². The van der Waals surface area contributed by atoms with Gasteiger partial charge in [-0.3, -0.25) is 9.69 Å². The minimum atomic E-state index is -3.82. The standard InChI is InChI=1S/C24H30N4O3S/c1-27-14-7-13-23(27)26-32(30,31)22-12-5-11-21(16-22)25-24(29)20-10-6-15-28(18-20)17-19-8-3-2-4-9-19/h2-5,8-9,11-12,16,20H,6-7,10,13-15,17-18H2,1H3,(H,25,29)/b26-23-. The van der Waals surface area contributed by atoms with Crippen LogP contribution in [-0.4, -0.2) is 56.6 Å². The number of nitrogens with zero attached hydrogens (tertiary/aromatic N) is 3. The third-order valence-electron chi connectivity index (χ3n) is 6.08. The van der Waals surface area contributed by atoms with E-state index in [9.17, 15) is 13.2 Å². The van der Waals surface area contributed by atoms with Gasteiger partial charge in [0.1, 0.15) is 5.84 Å². The molecule has 2 aromatic rings. The van der Waals surface area contributed by atoms with Crippen LogP contribution >= 0.6 is 0 Å². The molecule has 170 valence electrons. The summed E-state index contributed by atoms with van der Waals surface area (Å²) < 4.78 is 29.5. The van der Waals surface area contributed by atoms with Crippen molar-refractivity contribution in [2.24, 2.45) is 10.3 Å². The van der Waals surface area contributed by atoms with Gasteiger partial charge >= 0.3 is 0 Å². The minimum absolute atomic E-state index is 0.0702. The third-order valence-corrected chi connectivity index (χ3v) is 7.39. The van der Waals surface area contributed by atoms with Crippen LogP contribution in [0.2, 0.25) is 0 Å². The lowest BCUT2D eigenvalue weighted by atomic mass is 9.96. The van der Waals surface area contributed by atoms with Crippen molar-refractivity contribution in [3.63, 3.8) is 0 Å². The van der Waals surface area contributed by atoms with Crippen LogP contribution in [0.3, 0.4) is 0 Å². The highest BCUT2D eigenvalue weighted by atomic mass is 32.2. The van der Waals surface area contributed by atoms with Crippen molar-refractivity contribution in [1.82, 2.24) is 9.80 Å². The van der Waals surface area contributed by atoms with Crippen LogP contribution in [0.4, 0.5) is 5.69 Å². The van der Waals surface area contributed by atoms with Gasteiger partial charge < -0.3 is 10.2 Å². The van der Waals surface area contributed by atoms with Crippen LogP contribution in [-0.2, 0) is 21.4 Å². The van der Waals surface area contributed by atoms with Gasteiger partial charge in [-0.15, -0.1) is 4.40 Å². The molecule has 1 atom stereocenters. The Hall–Kier alpha value is -2.71. The first-order chi connectivity index (χ1) is 15.4. The number of nitrogens with one attached hydrogen (secondary N) is 1. The summed E-state index contributed by atoms with van der Waals surface area (Å²) in [5, 5.41) is 2.92. The number of rotatable bonds is 6. The molecule has 2 saturated heterocycles. The summed E-state index contributed by atoms with van der Waals surface area (Å²) in [5.41, 5.74) is 1.72. The van der Waals surface area contributed by atoms with Crippen molar-refractivity contribution in [3.8, 4) is 0 Å². The number of likely N-dealkylation sites (tertiary alicyclic amines) is 2. The Balaban J connectivity index is 1.41. The number of amides is 1. The van der Waals surface area contributed by atoms with E-state index in [0.717, 1.165) is 38.9 Å². The average molecular weight is 455 g/mol. The van der Waals surface area contributed by atoms with Crippen molar-refractivity contribution < 1.29 is 13.2 Å². The number of hydrogen-bond acceptors (Lipinski definition) is 4. The van der Waals surface area contributed by atoms with E-state index in [1.54, 1.807) is 12.1 Å². The number of carbonyl (C=O) groups is 1. The summed E-state index contributed by atoms with van der Waals surface area (Å²) in [7, 11) is -1.97. The van der Waals surface area contributed by atoms with E-state index in [-0.39, 0.29) is 16.7 Å². The Labute approximate surface area is 190 Å². The quantitative estimate of drug-likeness (QED) is 0.724. The molecule has 0 aromatic heterocycles. The fourth-order valence-electron chi connectivity index (χ4n) is 4.33. The predicted octanol–water partition coefficient (Wildman–Crippen LogP) is 3.35. The molecule has 2 aliphatic rings. The van der Waals surface area contributed by atoms with E-state index in [4.69, 9.17) is 0 Å². The summed E-state index contributed by atoms with van der Waals surface area (Å²) in [5.74, 6) is 0.388. The lowest BCUT2D eigenvalue weighted by Gasteiger charge is -2.32. The molecule has 0 saturated carbocycles. The molecule has 2 aromatic carbocycles. The van der Waals surface area contributed by atoms with Gasteiger partial charge in [0.15, 0.2) is 0 Å².